The van der Waals surface area contributed by atoms with Crippen LogP contribution >= 0.6 is 11.6 Å². The minimum absolute atomic E-state index is 0.0702. The molecule has 0 bridgehead atoms. The van der Waals surface area contributed by atoms with Crippen molar-refractivity contribution in [2.75, 3.05) is 20.1 Å². The van der Waals surface area contributed by atoms with Gasteiger partial charge in [-0.2, -0.15) is 0 Å². The lowest BCUT2D eigenvalue weighted by Gasteiger charge is -2.46. The summed E-state index contributed by atoms with van der Waals surface area (Å²) in [4.78, 5) is 21.8. The molecule has 1 atom stereocenters. The molecule has 1 aromatic carbocycles. The third-order valence-corrected chi connectivity index (χ3v) is 6.10. The van der Waals surface area contributed by atoms with E-state index in [-0.39, 0.29) is 5.91 Å². The molecule has 136 valence electrons. The molecule has 1 saturated heterocycles. The Bertz CT molecular complexity index is 1010. The first-order chi connectivity index (χ1) is 13.1. The van der Waals surface area contributed by atoms with E-state index in [1.54, 1.807) is 12.4 Å². The van der Waals surface area contributed by atoms with Crippen LogP contribution in [-0.2, 0) is 12.2 Å². The zero-order valence-corrected chi connectivity index (χ0v) is 15.7. The van der Waals surface area contributed by atoms with E-state index in [9.17, 15) is 4.79 Å². The lowest BCUT2D eigenvalue weighted by Crippen LogP contribution is -2.57. The van der Waals surface area contributed by atoms with Crippen LogP contribution in [0.2, 0.25) is 5.02 Å². The van der Waals surface area contributed by atoms with Gasteiger partial charge in [-0.05, 0) is 49.0 Å². The van der Waals surface area contributed by atoms with Gasteiger partial charge >= 0.3 is 0 Å². The molecule has 0 radical (unpaired) electrons. The van der Waals surface area contributed by atoms with Gasteiger partial charge in [0.25, 0.3) is 5.91 Å². The molecule has 2 aromatic heterocycles. The molecule has 0 aliphatic carbocycles. The smallest absolute Gasteiger partial charge is 0.272 e. The normalized spacial score (nSPS) is 22.0. The van der Waals surface area contributed by atoms with E-state index in [1.165, 1.54) is 0 Å². The van der Waals surface area contributed by atoms with E-state index >= 15 is 0 Å². The fourth-order valence-electron chi connectivity index (χ4n) is 4.44. The Morgan fingerprint density at radius 3 is 2.41 bits per heavy atom. The number of hydrogen-bond donors (Lipinski definition) is 0. The van der Waals surface area contributed by atoms with Crippen LogP contribution in [0.1, 0.15) is 16.1 Å². The fourth-order valence-corrected chi connectivity index (χ4v) is 4.57. The highest BCUT2D eigenvalue weighted by molar-refractivity contribution is 6.30. The predicted molar refractivity (Wildman–Crippen MR) is 104 cm³/mol. The summed E-state index contributed by atoms with van der Waals surface area (Å²) < 4.78 is 2.14. The molecule has 1 unspecified atom stereocenters. The van der Waals surface area contributed by atoms with Crippen LogP contribution in [0.5, 0.6) is 0 Å². The van der Waals surface area contributed by atoms with E-state index in [2.05, 4.69) is 21.5 Å². The summed E-state index contributed by atoms with van der Waals surface area (Å²) in [6.07, 6.45) is 3.56. The van der Waals surface area contributed by atoms with Crippen molar-refractivity contribution in [2.24, 2.45) is 0 Å². The van der Waals surface area contributed by atoms with Crippen molar-refractivity contribution in [3.8, 4) is 11.3 Å². The summed E-state index contributed by atoms with van der Waals surface area (Å²) in [7, 11) is 2.09. The number of carbonyl (C=O) groups excluding carboxylic acids is 1. The van der Waals surface area contributed by atoms with Crippen molar-refractivity contribution in [1.82, 2.24) is 19.4 Å². The number of amides is 1. The molecule has 1 fully saturated rings. The first kappa shape index (κ1) is 16.5. The molecular formula is C21H19ClN4O. The standard InChI is InChI=1S/C21H19ClN4O/c1-24-12-13-26-20(27)19-7-6-18(15-8-10-23-11-9-15)25(19)14-21(24,26)16-2-4-17(22)5-3-16/h2-11H,12-14H2,1H3. The first-order valence-electron chi connectivity index (χ1n) is 9.00. The quantitative estimate of drug-likeness (QED) is 0.685. The average Bonchev–Trinajstić information content (AvgIpc) is 3.26. The summed E-state index contributed by atoms with van der Waals surface area (Å²) in [6.45, 7) is 2.23. The number of pyridine rings is 1. The number of benzene rings is 1. The van der Waals surface area contributed by atoms with Crippen LogP contribution < -0.4 is 0 Å². The average molecular weight is 379 g/mol. The molecule has 4 heterocycles. The van der Waals surface area contributed by atoms with Crippen molar-refractivity contribution < 1.29 is 4.79 Å². The van der Waals surface area contributed by atoms with Crippen LogP contribution in [-0.4, -0.2) is 45.4 Å². The number of aromatic nitrogens is 2. The number of rotatable bonds is 2. The topological polar surface area (TPSA) is 41.4 Å². The maximum Gasteiger partial charge on any atom is 0.272 e. The summed E-state index contributed by atoms with van der Waals surface area (Å²) >= 11 is 6.12. The second-order valence-electron chi connectivity index (χ2n) is 7.13. The van der Waals surface area contributed by atoms with Gasteiger partial charge in [-0.15, -0.1) is 0 Å². The van der Waals surface area contributed by atoms with Gasteiger partial charge in [-0.3, -0.25) is 14.7 Å². The van der Waals surface area contributed by atoms with E-state index in [0.29, 0.717) is 18.1 Å². The van der Waals surface area contributed by atoms with Gasteiger partial charge in [0.15, 0.2) is 0 Å². The summed E-state index contributed by atoms with van der Waals surface area (Å²) in [5.41, 5.74) is 3.41. The van der Waals surface area contributed by atoms with Gasteiger partial charge in [0.2, 0.25) is 0 Å². The van der Waals surface area contributed by atoms with Gasteiger partial charge < -0.3 is 9.47 Å². The Hall–Kier alpha value is -2.63. The second-order valence-corrected chi connectivity index (χ2v) is 7.56. The minimum atomic E-state index is -0.504. The number of likely N-dealkylation sites (N-methyl/N-ethyl adjacent to an activating group) is 1. The van der Waals surface area contributed by atoms with Gasteiger partial charge in [0.1, 0.15) is 11.4 Å². The SMILES string of the molecule is CN1CCN2C(=O)c3ccc(-c4ccncc4)n3CC12c1ccc(Cl)cc1. The van der Waals surface area contributed by atoms with Gasteiger partial charge in [-0.1, -0.05) is 23.7 Å². The van der Waals surface area contributed by atoms with E-state index in [0.717, 1.165) is 29.1 Å². The number of carbonyl (C=O) groups is 1. The molecule has 27 heavy (non-hydrogen) atoms. The fraction of sp³-hybridized carbons (Fsp3) is 0.238. The Morgan fingerprint density at radius 1 is 0.963 bits per heavy atom. The third-order valence-electron chi connectivity index (χ3n) is 5.84. The number of fused-ring (bicyclic) bond motifs is 2. The van der Waals surface area contributed by atoms with Crippen molar-refractivity contribution in [3.63, 3.8) is 0 Å². The van der Waals surface area contributed by atoms with Crippen molar-refractivity contribution >= 4 is 17.5 Å². The van der Waals surface area contributed by atoms with Gasteiger partial charge in [-0.25, -0.2) is 0 Å². The molecule has 3 aromatic rings. The molecule has 0 saturated carbocycles. The molecule has 0 spiro atoms. The van der Waals surface area contributed by atoms with Crippen LogP contribution in [0.25, 0.3) is 11.3 Å². The van der Waals surface area contributed by atoms with E-state index < -0.39 is 5.66 Å². The van der Waals surface area contributed by atoms with Crippen molar-refractivity contribution in [3.05, 3.63) is 77.2 Å². The molecule has 2 aliphatic rings. The highest BCUT2D eigenvalue weighted by Gasteiger charge is 2.53. The molecule has 2 aliphatic heterocycles. The number of hydrogen-bond acceptors (Lipinski definition) is 3. The van der Waals surface area contributed by atoms with Crippen LogP contribution in [0.15, 0.2) is 60.9 Å². The molecular weight excluding hydrogens is 360 g/mol. The third kappa shape index (κ3) is 2.28. The van der Waals surface area contributed by atoms with Crippen LogP contribution in [0, 0.1) is 0 Å². The first-order valence-corrected chi connectivity index (χ1v) is 9.38. The minimum Gasteiger partial charge on any atom is -0.332 e. The van der Waals surface area contributed by atoms with E-state index in [4.69, 9.17) is 11.6 Å². The number of halogens is 1. The number of nitrogens with zero attached hydrogens (tertiary/aromatic N) is 4. The lowest BCUT2D eigenvalue weighted by molar-refractivity contribution is -0.000845. The molecule has 0 N–H and O–H groups in total. The molecule has 5 rings (SSSR count). The zero-order chi connectivity index (χ0) is 18.6. The highest BCUT2D eigenvalue weighted by atomic mass is 35.5. The summed E-state index contributed by atoms with van der Waals surface area (Å²) in [5, 5.41) is 0.698. The van der Waals surface area contributed by atoms with Gasteiger partial charge in [0, 0.05) is 41.8 Å². The predicted octanol–water partition coefficient (Wildman–Crippen LogP) is 3.46. The molecule has 1 amide bonds. The summed E-state index contributed by atoms with van der Waals surface area (Å²) in [5.74, 6) is 0.0702. The Morgan fingerprint density at radius 2 is 1.67 bits per heavy atom. The highest BCUT2D eigenvalue weighted by Crippen LogP contribution is 2.43. The monoisotopic (exact) mass is 378 g/mol. The Balaban J connectivity index is 1.70. The molecule has 6 heteroatoms. The van der Waals surface area contributed by atoms with Crippen LogP contribution in [0.3, 0.4) is 0 Å². The van der Waals surface area contributed by atoms with Crippen molar-refractivity contribution in [2.45, 2.75) is 12.2 Å². The van der Waals surface area contributed by atoms with Gasteiger partial charge in [0.05, 0.1) is 6.54 Å². The maximum atomic E-state index is 13.4. The van der Waals surface area contributed by atoms with Crippen LogP contribution in [0.4, 0.5) is 0 Å². The molecule has 5 nitrogen and oxygen atoms in total. The Kier molecular flexibility index (Phi) is 3.64. The largest absolute Gasteiger partial charge is 0.332 e. The van der Waals surface area contributed by atoms with Crippen molar-refractivity contribution in [1.29, 1.82) is 0 Å². The zero-order valence-electron chi connectivity index (χ0n) is 15.0. The second kappa shape index (κ2) is 5.94. The maximum absolute atomic E-state index is 13.4. The van der Waals surface area contributed by atoms with E-state index in [1.807, 2.05) is 53.4 Å². The Labute approximate surface area is 162 Å². The summed E-state index contributed by atoms with van der Waals surface area (Å²) in [6, 6.07) is 15.8. The lowest BCUT2D eigenvalue weighted by atomic mass is 9.94.